The highest BCUT2D eigenvalue weighted by atomic mass is 16.5. The summed E-state index contributed by atoms with van der Waals surface area (Å²) >= 11 is 0. The van der Waals surface area contributed by atoms with E-state index in [2.05, 4.69) is 18.9 Å². The third kappa shape index (κ3) is 3.65. The van der Waals surface area contributed by atoms with Gasteiger partial charge in [0.25, 0.3) is 0 Å². The fourth-order valence-corrected chi connectivity index (χ4v) is 2.10. The van der Waals surface area contributed by atoms with Crippen LogP contribution in [0.4, 0.5) is 0 Å². The molecule has 0 radical (unpaired) electrons. The molecule has 1 aliphatic carbocycles. The minimum absolute atomic E-state index is 0.811. The summed E-state index contributed by atoms with van der Waals surface area (Å²) in [5, 5.41) is 0. The van der Waals surface area contributed by atoms with Gasteiger partial charge in [0.15, 0.2) is 0 Å². The number of hydrogen-bond acceptors (Lipinski definition) is 2. The molecule has 0 bridgehead atoms. The summed E-state index contributed by atoms with van der Waals surface area (Å²) in [5.41, 5.74) is 0. The van der Waals surface area contributed by atoms with E-state index in [1.54, 1.807) is 7.11 Å². The molecule has 78 valence electrons. The van der Waals surface area contributed by atoms with Crippen LogP contribution < -0.4 is 0 Å². The normalized spacial score (nSPS) is 29.5. The van der Waals surface area contributed by atoms with Gasteiger partial charge >= 0.3 is 0 Å². The van der Waals surface area contributed by atoms with Gasteiger partial charge in [-0.25, -0.2) is 0 Å². The standard InChI is InChI=1S/C11H23NO/c1-10-4-6-11(7-5-10)12(2)8-9-13-3/h10-11H,4-9H2,1-3H3/t10-,11+. The quantitative estimate of drug-likeness (QED) is 0.665. The highest BCUT2D eigenvalue weighted by Crippen LogP contribution is 2.26. The van der Waals surface area contributed by atoms with Gasteiger partial charge in [-0.1, -0.05) is 6.92 Å². The summed E-state index contributed by atoms with van der Waals surface area (Å²) in [6.07, 6.45) is 5.56. The number of ether oxygens (including phenoxy) is 1. The van der Waals surface area contributed by atoms with Crippen LogP contribution in [0.15, 0.2) is 0 Å². The first kappa shape index (κ1) is 11.0. The molecule has 13 heavy (non-hydrogen) atoms. The van der Waals surface area contributed by atoms with Crippen molar-refractivity contribution in [3.8, 4) is 0 Å². The van der Waals surface area contributed by atoms with Gasteiger partial charge in [0.05, 0.1) is 6.61 Å². The van der Waals surface area contributed by atoms with E-state index in [1.807, 2.05) is 0 Å². The fourth-order valence-electron chi connectivity index (χ4n) is 2.10. The molecule has 0 atom stereocenters. The molecule has 2 nitrogen and oxygen atoms in total. The molecule has 0 aromatic rings. The SMILES string of the molecule is COCCN(C)[C@H]1CC[C@@H](C)CC1. The Hall–Kier alpha value is -0.0800. The Kier molecular flexibility index (Phi) is 4.74. The number of methoxy groups -OCH3 is 1. The summed E-state index contributed by atoms with van der Waals surface area (Å²) in [5.74, 6) is 0.951. The maximum Gasteiger partial charge on any atom is 0.0589 e. The zero-order chi connectivity index (χ0) is 9.68. The van der Waals surface area contributed by atoms with Crippen LogP contribution >= 0.6 is 0 Å². The highest BCUT2D eigenvalue weighted by Gasteiger charge is 2.20. The summed E-state index contributed by atoms with van der Waals surface area (Å²) in [7, 11) is 4.00. The third-order valence-electron chi connectivity index (χ3n) is 3.26. The fraction of sp³-hybridized carbons (Fsp3) is 1.00. The van der Waals surface area contributed by atoms with Crippen molar-refractivity contribution in [2.75, 3.05) is 27.3 Å². The molecule has 1 fully saturated rings. The van der Waals surface area contributed by atoms with Gasteiger partial charge in [-0.2, -0.15) is 0 Å². The Bertz CT molecular complexity index is 130. The molecule has 0 aromatic heterocycles. The number of likely N-dealkylation sites (N-methyl/N-ethyl adjacent to an activating group) is 1. The van der Waals surface area contributed by atoms with Crippen molar-refractivity contribution < 1.29 is 4.74 Å². The van der Waals surface area contributed by atoms with Crippen LogP contribution in [-0.2, 0) is 4.74 Å². The van der Waals surface area contributed by atoms with Crippen LogP contribution in [0.25, 0.3) is 0 Å². The van der Waals surface area contributed by atoms with E-state index in [4.69, 9.17) is 4.74 Å². The van der Waals surface area contributed by atoms with E-state index in [0.29, 0.717) is 0 Å². The van der Waals surface area contributed by atoms with E-state index in [9.17, 15) is 0 Å². The second kappa shape index (κ2) is 5.61. The monoisotopic (exact) mass is 185 g/mol. The van der Waals surface area contributed by atoms with Gasteiger partial charge in [0.2, 0.25) is 0 Å². The third-order valence-corrected chi connectivity index (χ3v) is 3.26. The van der Waals surface area contributed by atoms with Crippen molar-refractivity contribution in [2.45, 2.75) is 38.6 Å². The average Bonchev–Trinajstić information content (AvgIpc) is 2.15. The van der Waals surface area contributed by atoms with E-state index in [1.165, 1.54) is 25.7 Å². The lowest BCUT2D eigenvalue weighted by Gasteiger charge is -2.33. The number of hydrogen-bond donors (Lipinski definition) is 0. The topological polar surface area (TPSA) is 12.5 Å². The van der Waals surface area contributed by atoms with E-state index in [0.717, 1.165) is 25.1 Å². The van der Waals surface area contributed by atoms with Crippen LogP contribution in [0.5, 0.6) is 0 Å². The summed E-state index contributed by atoms with van der Waals surface area (Å²) in [6.45, 7) is 4.31. The molecule has 0 unspecified atom stereocenters. The van der Waals surface area contributed by atoms with E-state index < -0.39 is 0 Å². The first-order valence-electron chi connectivity index (χ1n) is 5.43. The molecule has 0 saturated heterocycles. The maximum atomic E-state index is 5.08. The summed E-state index contributed by atoms with van der Waals surface area (Å²) in [6, 6.07) is 0.811. The minimum atomic E-state index is 0.811. The van der Waals surface area contributed by atoms with Gasteiger partial charge in [0, 0.05) is 19.7 Å². The molecule has 1 saturated carbocycles. The molecule has 0 N–H and O–H groups in total. The molecule has 0 amide bonds. The largest absolute Gasteiger partial charge is 0.383 e. The van der Waals surface area contributed by atoms with E-state index in [-0.39, 0.29) is 0 Å². The Morgan fingerprint density at radius 2 is 1.85 bits per heavy atom. The first-order valence-corrected chi connectivity index (χ1v) is 5.43. The lowest BCUT2D eigenvalue weighted by atomic mass is 9.87. The second-order valence-electron chi connectivity index (χ2n) is 4.39. The lowest BCUT2D eigenvalue weighted by molar-refractivity contribution is 0.115. The molecule has 0 aromatic carbocycles. The van der Waals surface area contributed by atoms with Crippen LogP contribution in [0.1, 0.15) is 32.6 Å². The molecule has 1 aliphatic rings. The van der Waals surface area contributed by atoms with Crippen LogP contribution in [0.2, 0.25) is 0 Å². The maximum absolute atomic E-state index is 5.08. The van der Waals surface area contributed by atoms with Crippen molar-refractivity contribution >= 4 is 0 Å². The van der Waals surface area contributed by atoms with Crippen molar-refractivity contribution in [1.29, 1.82) is 0 Å². The Morgan fingerprint density at radius 3 is 2.38 bits per heavy atom. The van der Waals surface area contributed by atoms with Crippen molar-refractivity contribution in [2.24, 2.45) is 5.92 Å². The van der Waals surface area contributed by atoms with Crippen molar-refractivity contribution in [3.63, 3.8) is 0 Å². The van der Waals surface area contributed by atoms with E-state index >= 15 is 0 Å². The van der Waals surface area contributed by atoms with Gasteiger partial charge in [-0.3, -0.25) is 0 Å². The lowest BCUT2D eigenvalue weighted by Crippen LogP contribution is -2.36. The summed E-state index contributed by atoms with van der Waals surface area (Å²) < 4.78 is 5.08. The molecular weight excluding hydrogens is 162 g/mol. The first-order chi connectivity index (χ1) is 6.24. The van der Waals surface area contributed by atoms with Crippen molar-refractivity contribution in [3.05, 3.63) is 0 Å². The molecular formula is C11H23NO. The molecule has 0 aliphatic heterocycles. The molecule has 1 rings (SSSR count). The zero-order valence-corrected chi connectivity index (χ0v) is 9.25. The molecule has 0 heterocycles. The molecule has 2 heteroatoms. The Balaban J connectivity index is 2.19. The zero-order valence-electron chi connectivity index (χ0n) is 9.25. The van der Waals surface area contributed by atoms with Gasteiger partial charge in [-0.15, -0.1) is 0 Å². The van der Waals surface area contributed by atoms with Gasteiger partial charge in [0.1, 0.15) is 0 Å². The average molecular weight is 185 g/mol. The minimum Gasteiger partial charge on any atom is -0.383 e. The predicted octanol–water partition coefficient (Wildman–Crippen LogP) is 2.14. The second-order valence-corrected chi connectivity index (χ2v) is 4.39. The smallest absolute Gasteiger partial charge is 0.0589 e. The molecule has 0 spiro atoms. The number of nitrogens with zero attached hydrogens (tertiary/aromatic N) is 1. The Labute approximate surface area is 82.3 Å². The number of rotatable bonds is 4. The van der Waals surface area contributed by atoms with Crippen LogP contribution in [0, 0.1) is 5.92 Å². The van der Waals surface area contributed by atoms with Gasteiger partial charge in [-0.05, 0) is 38.6 Å². The van der Waals surface area contributed by atoms with Crippen molar-refractivity contribution in [1.82, 2.24) is 4.90 Å². The Morgan fingerprint density at radius 1 is 1.23 bits per heavy atom. The summed E-state index contributed by atoms with van der Waals surface area (Å²) in [4.78, 5) is 2.45. The van der Waals surface area contributed by atoms with Crippen LogP contribution in [-0.4, -0.2) is 38.3 Å². The highest BCUT2D eigenvalue weighted by molar-refractivity contribution is 4.76. The predicted molar refractivity (Wildman–Crippen MR) is 55.9 cm³/mol. The van der Waals surface area contributed by atoms with Crippen LogP contribution in [0.3, 0.4) is 0 Å². The van der Waals surface area contributed by atoms with Gasteiger partial charge < -0.3 is 9.64 Å².